The summed E-state index contributed by atoms with van der Waals surface area (Å²) in [4.78, 5) is 4.14. The lowest BCUT2D eigenvalue weighted by Crippen LogP contribution is -2.41. The number of aromatic nitrogens is 1. The molecule has 1 fully saturated rings. The number of piperidine rings is 1. The van der Waals surface area contributed by atoms with E-state index in [0.717, 1.165) is 22.9 Å². The van der Waals surface area contributed by atoms with E-state index in [1.807, 2.05) is 0 Å². The van der Waals surface area contributed by atoms with Crippen LogP contribution in [-0.2, 0) is 10.0 Å². The van der Waals surface area contributed by atoms with E-state index in [2.05, 4.69) is 4.98 Å². The van der Waals surface area contributed by atoms with Crippen molar-refractivity contribution in [3.8, 4) is 22.9 Å². The van der Waals surface area contributed by atoms with Crippen LogP contribution < -0.4 is 4.74 Å². The average Bonchev–Trinajstić information content (AvgIpc) is 2.73. The van der Waals surface area contributed by atoms with Crippen LogP contribution in [-0.4, -0.2) is 43.2 Å². The van der Waals surface area contributed by atoms with Crippen molar-refractivity contribution < 1.29 is 21.9 Å². The molecule has 0 N–H and O–H groups in total. The SMILES string of the molecule is CS(=O)(=O)N1CCC(Oc2cc(-c3cc(F)c(C#N)c(F)c3)cc3ccncc23)CC1. The largest absolute Gasteiger partial charge is 0.490 e. The molecule has 4 rings (SSSR count). The van der Waals surface area contributed by atoms with E-state index in [-0.39, 0.29) is 11.7 Å². The van der Waals surface area contributed by atoms with Gasteiger partial charge in [-0.25, -0.2) is 21.5 Å². The summed E-state index contributed by atoms with van der Waals surface area (Å²) < 4.78 is 59.4. The summed E-state index contributed by atoms with van der Waals surface area (Å²) in [6, 6.07) is 9.00. The lowest BCUT2D eigenvalue weighted by Gasteiger charge is -2.30. The second-order valence-corrected chi connectivity index (χ2v) is 9.46. The molecule has 160 valence electrons. The van der Waals surface area contributed by atoms with Crippen molar-refractivity contribution >= 4 is 20.8 Å². The minimum absolute atomic E-state index is 0.203. The number of hydrogen-bond acceptors (Lipinski definition) is 5. The summed E-state index contributed by atoms with van der Waals surface area (Å²) in [7, 11) is -3.24. The van der Waals surface area contributed by atoms with Crippen molar-refractivity contribution in [3.05, 3.63) is 59.9 Å². The fraction of sp³-hybridized carbons (Fsp3) is 0.273. The molecule has 0 spiro atoms. The number of hydrogen-bond donors (Lipinski definition) is 0. The van der Waals surface area contributed by atoms with Crippen LogP contribution in [0.25, 0.3) is 21.9 Å². The second kappa shape index (κ2) is 8.21. The van der Waals surface area contributed by atoms with Gasteiger partial charge in [0, 0.05) is 30.9 Å². The van der Waals surface area contributed by atoms with Crippen LogP contribution in [0.4, 0.5) is 8.78 Å². The molecule has 0 atom stereocenters. The fourth-order valence-corrected chi connectivity index (χ4v) is 4.61. The number of fused-ring (bicyclic) bond motifs is 1. The van der Waals surface area contributed by atoms with Crippen LogP contribution in [0.15, 0.2) is 42.7 Å². The Hall–Kier alpha value is -3.09. The molecule has 0 amide bonds. The van der Waals surface area contributed by atoms with Crippen LogP contribution in [0.3, 0.4) is 0 Å². The molecule has 31 heavy (non-hydrogen) atoms. The Kier molecular flexibility index (Phi) is 5.60. The molecule has 0 saturated carbocycles. The van der Waals surface area contributed by atoms with Crippen LogP contribution >= 0.6 is 0 Å². The maximum absolute atomic E-state index is 14.2. The monoisotopic (exact) mass is 443 g/mol. The Balaban J connectivity index is 1.69. The summed E-state index contributed by atoms with van der Waals surface area (Å²) in [6.45, 7) is 0.733. The van der Waals surface area contributed by atoms with Gasteiger partial charge in [-0.05, 0) is 59.7 Å². The molecule has 2 heterocycles. The molecule has 9 heteroatoms. The van der Waals surface area contributed by atoms with Crippen LogP contribution in [0.1, 0.15) is 18.4 Å². The molecule has 1 saturated heterocycles. The highest BCUT2D eigenvalue weighted by molar-refractivity contribution is 7.88. The lowest BCUT2D eigenvalue weighted by atomic mass is 9.99. The maximum Gasteiger partial charge on any atom is 0.211 e. The predicted octanol–water partition coefficient (Wildman–Crippen LogP) is 3.85. The number of sulfonamides is 1. The standard InChI is InChI=1S/C22H19F2N3O3S/c1-31(28,29)27-6-3-17(4-7-27)30-22-11-15(8-14-2-5-26-13-19(14)22)16-9-20(23)18(12-25)21(24)10-16/h2,5,8-11,13,17H,3-4,6-7H2,1H3. The van der Waals surface area contributed by atoms with Crippen molar-refractivity contribution in [2.24, 2.45) is 0 Å². The van der Waals surface area contributed by atoms with Crippen molar-refractivity contribution in [1.82, 2.24) is 9.29 Å². The van der Waals surface area contributed by atoms with Crippen molar-refractivity contribution in [1.29, 1.82) is 5.26 Å². The summed E-state index contributed by atoms with van der Waals surface area (Å²) in [6.07, 6.45) is 5.30. The maximum atomic E-state index is 14.2. The van der Waals surface area contributed by atoms with Gasteiger partial charge >= 0.3 is 0 Å². The first kappa shape index (κ1) is 21.2. The van der Waals surface area contributed by atoms with E-state index in [4.69, 9.17) is 10.00 Å². The topological polar surface area (TPSA) is 83.3 Å². The number of halogens is 2. The first-order valence-corrected chi connectivity index (χ1v) is 11.5. The molecule has 0 unspecified atom stereocenters. The Labute approximate surface area is 178 Å². The summed E-state index contributed by atoms with van der Waals surface area (Å²) in [5.74, 6) is -1.35. The van der Waals surface area contributed by atoms with Gasteiger partial charge in [0.15, 0.2) is 0 Å². The van der Waals surface area contributed by atoms with E-state index >= 15 is 0 Å². The Morgan fingerprint density at radius 2 is 1.77 bits per heavy atom. The van der Waals surface area contributed by atoms with Gasteiger partial charge in [-0.2, -0.15) is 5.26 Å². The number of rotatable bonds is 4. The van der Waals surface area contributed by atoms with E-state index in [9.17, 15) is 17.2 Å². The smallest absolute Gasteiger partial charge is 0.211 e. The summed E-state index contributed by atoms with van der Waals surface area (Å²) >= 11 is 0. The molecular weight excluding hydrogens is 424 g/mol. The normalized spacial score (nSPS) is 15.7. The van der Waals surface area contributed by atoms with E-state index < -0.39 is 27.2 Å². The zero-order valence-corrected chi connectivity index (χ0v) is 17.5. The first-order valence-electron chi connectivity index (χ1n) is 9.65. The number of ether oxygens (including phenoxy) is 1. The van der Waals surface area contributed by atoms with Crippen LogP contribution in [0.2, 0.25) is 0 Å². The highest BCUT2D eigenvalue weighted by atomic mass is 32.2. The van der Waals surface area contributed by atoms with Gasteiger partial charge in [-0.3, -0.25) is 4.98 Å². The van der Waals surface area contributed by atoms with Gasteiger partial charge in [0.25, 0.3) is 0 Å². The molecule has 0 radical (unpaired) electrons. The van der Waals surface area contributed by atoms with E-state index in [1.165, 1.54) is 16.6 Å². The Bertz CT molecular complexity index is 1270. The molecule has 0 aliphatic carbocycles. The minimum atomic E-state index is -3.24. The van der Waals surface area contributed by atoms with Gasteiger partial charge in [0.2, 0.25) is 10.0 Å². The average molecular weight is 443 g/mol. The van der Waals surface area contributed by atoms with Gasteiger partial charge in [-0.15, -0.1) is 0 Å². The van der Waals surface area contributed by atoms with Crippen LogP contribution in [0, 0.1) is 23.0 Å². The number of nitriles is 1. The van der Waals surface area contributed by atoms with Crippen LogP contribution in [0.5, 0.6) is 5.75 Å². The zero-order chi connectivity index (χ0) is 22.2. The fourth-order valence-electron chi connectivity index (χ4n) is 3.74. The van der Waals surface area contributed by atoms with Gasteiger partial charge in [0.05, 0.1) is 6.26 Å². The Morgan fingerprint density at radius 1 is 1.13 bits per heavy atom. The molecule has 1 aromatic heterocycles. The third-order valence-electron chi connectivity index (χ3n) is 5.37. The van der Waals surface area contributed by atoms with Gasteiger partial charge in [0.1, 0.15) is 35.1 Å². The third kappa shape index (κ3) is 4.36. The van der Waals surface area contributed by atoms with Gasteiger partial charge < -0.3 is 4.74 Å². The number of nitrogens with zero attached hydrogens (tertiary/aromatic N) is 3. The molecule has 3 aromatic rings. The number of benzene rings is 2. The third-order valence-corrected chi connectivity index (χ3v) is 6.67. The molecule has 1 aliphatic heterocycles. The zero-order valence-electron chi connectivity index (χ0n) is 16.7. The van der Waals surface area contributed by atoms with Crippen molar-refractivity contribution in [3.63, 3.8) is 0 Å². The number of pyridine rings is 1. The van der Waals surface area contributed by atoms with Crippen molar-refractivity contribution in [2.75, 3.05) is 19.3 Å². The highest BCUT2D eigenvalue weighted by Crippen LogP contribution is 2.35. The van der Waals surface area contributed by atoms with Crippen molar-refractivity contribution in [2.45, 2.75) is 18.9 Å². The predicted molar refractivity (Wildman–Crippen MR) is 112 cm³/mol. The molecule has 2 aromatic carbocycles. The first-order chi connectivity index (χ1) is 14.8. The quantitative estimate of drug-likeness (QED) is 0.612. The van der Waals surface area contributed by atoms with E-state index in [1.54, 1.807) is 30.6 Å². The Morgan fingerprint density at radius 3 is 2.39 bits per heavy atom. The van der Waals surface area contributed by atoms with Gasteiger partial charge in [-0.1, -0.05) is 0 Å². The summed E-state index contributed by atoms with van der Waals surface area (Å²) in [5.41, 5.74) is 0.192. The van der Waals surface area contributed by atoms with E-state index in [0.29, 0.717) is 37.2 Å². The molecule has 6 nitrogen and oxygen atoms in total. The summed E-state index contributed by atoms with van der Waals surface area (Å²) in [5, 5.41) is 10.4. The molecule has 0 bridgehead atoms. The second-order valence-electron chi connectivity index (χ2n) is 7.48. The molecular formula is C22H19F2N3O3S. The highest BCUT2D eigenvalue weighted by Gasteiger charge is 2.26. The lowest BCUT2D eigenvalue weighted by molar-refractivity contribution is 0.137. The molecule has 1 aliphatic rings. The minimum Gasteiger partial charge on any atom is -0.490 e.